The van der Waals surface area contributed by atoms with Crippen molar-refractivity contribution in [2.45, 2.75) is 57.2 Å². The standard InChI is InChI=1S/C23H30F3N5O/c24-23(25,26)11-2-14-32-20-4-1-3-19-18(20)10-13-31(19)21-9-12-28-22(30-21)29-17-7-5-16(15-27)6-8-17/h1,3-4,9,12,16-17H,2,5-8,10-11,13-15,27H2,(H,28,29,30)/t16-,17-. The minimum absolute atomic E-state index is 0.0456. The summed E-state index contributed by atoms with van der Waals surface area (Å²) >= 11 is 0. The Morgan fingerprint density at radius 1 is 1.16 bits per heavy atom. The Balaban J connectivity index is 1.40. The van der Waals surface area contributed by atoms with Crippen molar-refractivity contribution in [3.8, 4) is 5.75 Å². The molecule has 1 aromatic carbocycles. The van der Waals surface area contributed by atoms with Crippen LogP contribution < -0.4 is 20.7 Å². The molecule has 1 aliphatic carbocycles. The molecule has 6 nitrogen and oxygen atoms in total. The van der Waals surface area contributed by atoms with Crippen LogP contribution in [-0.2, 0) is 6.42 Å². The van der Waals surface area contributed by atoms with Crippen molar-refractivity contribution in [3.63, 3.8) is 0 Å². The SMILES string of the molecule is NC[C@H]1CC[C@H](Nc2nccc(N3CCc4c(OCCCC(F)(F)F)cccc43)n2)CC1. The van der Waals surface area contributed by atoms with E-state index in [0.29, 0.717) is 23.7 Å². The summed E-state index contributed by atoms with van der Waals surface area (Å²) in [7, 11) is 0. The van der Waals surface area contributed by atoms with Crippen LogP contribution in [0.2, 0.25) is 0 Å². The first-order valence-electron chi connectivity index (χ1n) is 11.3. The van der Waals surface area contributed by atoms with Gasteiger partial charge in [0.15, 0.2) is 0 Å². The fraction of sp³-hybridized carbons (Fsp3) is 0.565. The summed E-state index contributed by atoms with van der Waals surface area (Å²) < 4.78 is 42.8. The van der Waals surface area contributed by atoms with Crippen LogP contribution in [0.25, 0.3) is 0 Å². The van der Waals surface area contributed by atoms with Crippen molar-refractivity contribution in [1.82, 2.24) is 9.97 Å². The molecule has 1 aliphatic heterocycles. The molecule has 0 unspecified atom stereocenters. The molecule has 2 aromatic rings. The number of hydrogen-bond acceptors (Lipinski definition) is 6. The average Bonchev–Trinajstić information content (AvgIpc) is 3.22. The molecule has 0 amide bonds. The monoisotopic (exact) mass is 449 g/mol. The number of benzene rings is 1. The lowest BCUT2D eigenvalue weighted by Crippen LogP contribution is -2.29. The molecule has 0 atom stereocenters. The van der Waals surface area contributed by atoms with Crippen LogP contribution in [0, 0.1) is 5.92 Å². The first kappa shape index (κ1) is 22.6. The lowest BCUT2D eigenvalue weighted by molar-refractivity contribution is -0.136. The van der Waals surface area contributed by atoms with Gasteiger partial charge in [0.2, 0.25) is 5.95 Å². The molecule has 1 fully saturated rings. The highest BCUT2D eigenvalue weighted by Gasteiger charge is 2.28. The minimum Gasteiger partial charge on any atom is -0.493 e. The molecule has 3 N–H and O–H groups in total. The van der Waals surface area contributed by atoms with Crippen LogP contribution in [0.15, 0.2) is 30.5 Å². The Morgan fingerprint density at radius 3 is 2.72 bits per heavy atom. The zero-order chi connectivity index (χ0) is 22.6. The average molecular weight is 450 g/mol. The topological polar surface area (TPSA) is 76.3 Å². The van der Waals surface area contributed by atoms with Crippen LogP contribution in [0.3, 0.4) is 0 Å². The second-order valence-electron chi connectivity index (χ2n) is 8.56. The number of nitrogens with zero attached hydrogens (tertiary/aromatic N) is 3. The maximum atomic E-state index is 12.4. The molecule has 4 rings (SSSR count). The van der Waals surface area contributed by atoms with Gasteiger partial charge in [-0.25, -0.2) is 4.98 Å². The fourth-order valence-electron chi connectivity index (χ4n) is 4.52. The van der Waals surface area contributed by atoms with Gasteiger partial charge in [-0.1, -0.05) is 6.07 Å². The molecule has 0 saturated heterocycles. The highest BCUT2D eigenvalue weighted by molar-refractivity contribution is 5.71. The van der Waals surface area contributed by atoms with Crippen LogP contribution in [-0.4, -0.2) is 41.9 Å². The third-order valence-electron chi connectivity index (χ3n) is 6.28. The normalized spacial score (nSPS) is 20.8. The fourth-order valence-corrected chi connectivity index (χ4v) is 4.52. The van der Waals surface area contributed by atoms with Gasteiger partial charge in [0.25, 0.3) is 0 Å². The molecule has 2 aliphatic rings. The number of hydrogen-bond donors (Lipinski definition) is 2. The van der Waals surface area contributed by atoms with E-state index in [1.807, 2.05) is 24.3 Å². The Kier molecular flexibility index (Phi) is 7.03. The van der Waals surface area contributed by atoms with E-state index < -0.39 is 12.6 Å². The molecule has 32 heavy (non-hydrogen) atoms. The van der Waals surface area contributed by atoms with Crippen molar-refractivity contribution < 1.29 is 17.9 Å². The Hall–Kier alpha value is -2.55. The molecule has 174 valence electrons. The van der Waals surface area contributed by atoms with E-state index in [0.717, 1.165) is 62.3 Å². The summed E-state index contributed by atoms with van der Waals surface area (Å²) in [5, 5.41) is 3.46. The number of nitrogens with two attached hydrogens (primary N) is 1. The lowest BCUT2D eigenvalue weighted by atomic mass is 9.86. The highest BCUT2D eigenvalue weighted by atomic mass is 19.4. The number of aromatic nitrogens is 2. The molecular formula is C23H30F3N5O. The van der Waals surface area contributed by atoms with Crippen LogP contribution in [0.5, 0.6) is 5.75 Å². The van der Waals surface area contributed by atoms with E-state index in [1.54, 1.807) is 6.20 Å². The van der Waals surface area contributed by atoms with Crippen molar-refractivity contribution in [1.29, 1.82) is 0 Å². The second-order valence-corrected chi connectivity index (χ2v) is 8.56. The summed E-state index contributed by atoms with van der Waals surface area (Å²) in [5.74, 6) is 2.68. The van der Waals surface area contributed by atoms with E-state index in [9.17, 15) is 13.2 Å². The zero-order valence-electron chi connectivity index (χ0n) is 18.1. The number of nitrogens with one attached hydrogen (secondary N) is 1. The van der Waals surface area contributed by atoms with Gasteiger partial charge in [0.1, 0.15) is 11.6 Å². The first-order valence-corrected chi connectivity index (χ1v) is 11.3. The lowest BCUT2D eigenvalue weighted by Gasteiger charge is -2.28. The van der Waals surface area contributed by atoms with Crippen molar-refractivity contribution in [2.24, 2.45) is 11.7 Å². The maximum Gasteiger partial charge on any atom is 0.389 e. The number of anilines is 3. The van der Waals surface area contributed by atoms with Gasteiger partial charge in [-0.3, -0.25) is 0 Å². The molecule has 0 bridgehead atoms. The molecule has 1 saturated carbocycles. The second kappa shape index (κ2) is 9.94. The highest BCUT2D eigenvalue weighted by Crippen LogP contribution is 2.39. The van der Waals surface area contributed by atoms with Crippen LogP contribution >= 0.6 is 0 Å². The number of ether oxygens (including phenoxy) is 1. The van der Waals surface area contributed by atoms with Gasteiger partial charge in [0, 0.05) is 36.5 Å². The zero-order valence-corrected chi connectivity index (χ0v) is 18.1. The van der Waals surface area contributed by atoms with E-state index in [4.69, 9.17) is 15.5 Å². The maximum absolute atomic E-state index is 12.4. The Morgan fingerprint density at radius 2 is 1.97 bits per heavy atom. The summed E-state index contributed by atoms with van der Waals surface area (Å²) in [6, 6.07) is 7.92. The molecule has 0 spiro atoms. The molecular weight excluding hydrogens is 419 g/mol. The van der Waals surface area contributed by atoms with E-state index in [1.165, 1.54) is 0 Å². The third kappa shape index (κ3) is 5.62. The van der Waals surface area contributed by atoms with Gasteiger partial charge < -0.3 is 20.7 Å². The summed E-state index contributed by atoms with van der Waals surface area (Å²) in [4.78, 5) is 11.2. The Labute approximate surface area is 186 Å². The van der Waals surface area contributed by atoms with Gasteiger partial charge in [-0.2, -0.15) is 18.2 Å². The molecule has 2 heterocycles. The number of alkyl halides is 3. The largest absolute Gasteiger partial charge is 0.493 e. The molecule has 0 radical (unpaired) electrons. The Bertz CT molecular complexity index is 899. The van der Waals surface area contributed by atoms with Gasteiger partial charge in [-0.05, 0) is 69.2 Å². The van der Waals surface area contributed by atoms with E-state index >= 15 is 0 Å². The van der Waals surface area contributed by atoms with E-state index in [2.05, 4.69) is 15.2 Å². The van der Waals surface area contributed by atoms with Gasteiger partial charge in [-0.15, -0.1) is 0 Å². The van der Waals surface area contributed by atoms with Crippen molar-refractivity contribution >= 4 is 17.5 Å². The number of halogens is 3. The minimum atomic E-state index is -4.15. The molecule has 9 heteroatoms. The van der Waals surface area contributed by atoms with Gasteiger partial charge in [0.05, 0.1) is 6.61 Å². The number of rotatable bonds is 8. The first-order chi connectivity index (χ1) is 15.4. The van der Waals surface area contributed by atoms with Gasteiger partial charge >= 0.3 is 6.18 Å². The number of fused-ring (bicyclic) bond motifs is 1. The predicted molar refractivity (Wildman–Crippen MR) is 118 cm³/mol. The third-order valence-corrected chi connectivity index (χ3v) is 6.28. The van der Waals surface area contributed by atoms with Crippen molar-refractivity contribution in [2.75, 3.05) is 29.9 Å². The summed E-state index contributed by atoms with van der Waals surface area (Å²) in [6.07, 6.45) is 1.85. The molecule has 1 aromatic heterocycles. The summed E-state index contributed by atoms with van der Waals surface area (Å²) in [5.41, 5.74) is 7.77. The van der Waals surface area contributed by atoms with Crippen LogP contribution in [0.1, 0.15) is 44.1 Å². The van der Waals surface area contributed by atoms with Crippen LogP contribution in [0.4, 0.5) is 30.6 Å². The van der Waals surface area contributed by atoms with Crippen molar-refractivity contribution in [3.05, 3.63) is 36.0 Å². The predicted octanol–water partition coefficient (Wildman–Crippen LogP) is 4.82. The smallest absolute Gasteiger partial charge is 0.389 e. The van der Waals surface area contributed by atoms with E-state index in [-0.39, 0.29) is 13.0 Å². The quantitative estimate of drug-likeness (QED) is 0.563. The summed E-state index contributed by atoms with van der Waals surface area (Å²) in [6.45, 7) is 1.53.